The summed E-state index contributed by atoms with van der Waals surface area (Å²) >= 11 is 0. The molecule has 118 valence electrons. The van der Waals surface area contributed by atoms with Crippen molar-refractivity contribution in [2.75, 3.05) is 7.11 Å². The van der Waals surface area contributed by atoms with Crippen molar-refractivity contribution in [3.8, 4) is 11.6 Å². The fraction of sp³-hybridized carbons (Fsp3) is 0.400. The quantitative estimate of drug-likeness (QED) is 0.684. The SMILES string of the molecule is COC(=O)Cc1c(O)cnc(OC(F)(F)F)c1C(F)(F)F. The molecule has 0 spiro atoms. The van der Waals surface area contributed by atoms with Crippen LogP contribution in [-0.4, -0.2) is 29.5 Å². The van der Waals surface area contributed by atoms with Gasteiger partial charge < -0.3 is 14.6 Å². The average Bonchev–Trinajstić information content (AvgIpc) is 2.29. The molecule has 1 aromatic heterocycles. The van der Waals surface area contributed by atoms with Gasteiger partial charge in [0.2, 0.25) is 5.88 Å². The zero-order valence-corrected chi connectivity index (χ0v) is 10.2. The monoisotopic (exact) mass is 319 g/mol. The highest BCUT2D eigenvalue weighted by atomic mass is 19.4. The number of alkyl halides is 6. The van der Waals surface area contributed by atoms with E-state index in [-0.39, 0.29) is 0 Å². The minimum absolute atomic E-state index is 0.314. The summed E-state index contributed by atoms with van der Waals surface area (Å²) in [5.41, 5.74) is -3.12. The van der Waals surface area contributed by atoms with Crippen molar-refractivity contribution in [3.63, 3.8) is 0 Å². The third-order valence-corrected chi connectivity index (χ3v) is 2.17. The van der Waals surface area contributed by atoms with E-state index in [1.54, 1.807) is 0 Å². The third-order valence-electron chi connectivity index (χ3n) is 2.17. The van der Waals surface area contributed by atoms with Gasteiger partial charge in [0, 0.05) is 5.56 Å². The summed E-state index contributed by atoms with van der Waals surface area (Å²) in [6.07, 6.45) is -11.6. The van der Waals surface area contributed by atoms with Gasteiger partial charge in [0.25, 0.3) is 0 Å². The fourth-order valence-electron chi connectivity index (χ4n) is 1.39. The molecule has 1 N–H and O–H groups in total. The largest absolute Gasteiger partial charge is 0.574 e. The summed E-state index contributed by atoms with van der Waals surface area (Å²) in [6, 6.07) is 0. The van der Waals surface area contributed by atoms with Gasteiger partial charge in [0.15, 0.2) is 0 Å². The molecule has 0 saturated heterocycles. The van der Waals surface area contributed by atoms with E-state index in [1.807, 2.05) is 0 Å². The molecular weight excluding hydrogens is 312 g/mol. The van der Waals surface area contributed by atoms with Gasteiger partial charge in [-0.25, -0.2) is 4.98 Å². The Kier molecular flexibility index (Phi) is 4.54. The Labute approximate surface area is 113 Å². The number of aromatic nitrogens is 1. The first kappa shape index (κ1) is 16.9. The van der Waals surface area contributed by atoms with Crippen LogP contribution in [0.15, 0.2) is 6.20 Å². The van der Waals surface area contributed by atoms with Crippen LogP contribution in [0.2, 0.25) is 0 Å². The van der Waals surface area contributed by atoms with Crippen LogP contribution in [0.3, 0.4) is 0 Å². The fourth-order valence-corrected chi connectivity index (χ4v) is 1.39. The zero-order chi connectivity index (χ0) is 16.4. The molecule has 0 atom stereocenters. The van der Waals surface area contributed by atoms with Crippen molar-refractivity contribution in [1.29, 1.82) is 0 Å². The number of aromatic hydroxyl groups is 1. The topological polar surface area (TPSA) is 68.7 Å². The van der Waals surface area contributed by atoms with Crippen molar-refractivity contribution in [1.82, 2.24) is 4.98 Å². The lowest BCUT2D eigenvalue weighted by Crippen LogP contribution is -2.23. The number of esters is 1. The maximum absolute atomic E-state index is 12.9. The van der Waals surface area contributed by atoms with E-state index in [2.05, 4.69) is 14.5 Å². The Balaban J connectivity index is 3.46. The van der Waals surface area contributed by atoms with E-state index in [1.165, 1.54) is 0 Å². The van der Waals surface area contributed by atoms with E-state index in [0.717, 1.165) is 7.11 Å². The van der Waals surface area contributed by atoms with E-state index >= 15 is 0 Å². The number of rotatable bonds is 3. The molecule has 0 radical (unpaired) electrons. The molecule has 0 aliphatic heterocycles. The standard InChI is InChI=1S/C10H7F6NO4/c1-20-6(19)2-4-5(18)3-17-8(21-10(14,15)16)7(4)9(11,12)13/h3,18H,2H2,1H3. The van der Waals surface area contributed by atoms with Crippen molar-refractivity contribution in [2.45, 2.75) is 19.0 Å². The molecule has 1 rings (SSSR count). The van der Waals surface area contributed by atoms with E-state index < -0.39 is 47.7 Å². The van der Waals surface area contributed by atoms with Gasteiger partial charge in [-0.3, -0.25) is 4.79 Å². The maximum atomic E-state index is 12.9. The van der Waals surface area contributed by atoms with E-state index in [0.29, 0.717) is 6.20 Å². The Morgan fingerprint density at radius 2 is 1.86 bits per heavy atom. The highest BCUT2D eigenvalue weighted by molar-refractivity contribution is 5.74. The number of hydrogen-bond acceptors (Lipinski definition) is 5. The molecular formula is C10H7F6NO4. The minimum Gasteiger partial charge on any atom is -0.506 e. The molecule has 0 unspecified atom stereocenters. The normalized spacial score (nSPS) is 12.1. The lowest BCUT2D eigenvalue weighted by Gasteiger charge is -2.18. The van der Waals surface area contributed by atoms with Crippen molar-refractivity contribution in [3.05, 3.63) is 17.3 Å². The Morgan fingerprint density at radius 1 is 1.29 bits per heavy atom. The van der Waals surface area contributed by atoms with Crippen LogP contribution in [0.5, 0.6) is 11.6 Å². The van der Waals surface area contributed by atoms with Crippen molar-refractivity contribution >= 4 is 5.97 Å². The van der Waals surface area contributed by atoms with E-state index in [9.17, 15) is 36.2 Å². The summed E-state index contributed by atoms with van der Waals surface area (Å²) in [5.74, 6) is -4.12. The molecule has 21 heavy (non-hydrogen) atoms. The Hall–Kier alpha value is -2.20. The minimum atomic E-state index is -5.42. The second-order valence-electron chi connectivity index (χ2n) is 3.60. The molecule has 0 aromatic carbocycles. The second-order valence-corrected chi connectivity index (χ2v) is 3.60. The highest BCUT2D eigenvalue weighted by Gasteiger charge is 2.43. The molecule has 1 heterocycles. The average molecular weight is 319 g/mol. The smallest absolute Gasteiger partial charge is 0.506 e. The van der Waals surface area contributed by atoms with Crippen LogP contribution < -0.4 is 4.74 Å². The summed E-state index contributed by atoms with van der Waals surface area (Å²) < 4.78 is 82.2. The number of pyridine rings is 1. The molecule has 0 bridgehead atoms. The number of methoxy groups -OCH3 is 1. The van der Waals surface area contributed by atoms with Gasteiger partial charge in [0.1, 0.15) is 11.3 Å². The summed E-state index contributed by atoms with van der Waals surface area (Å²) in [4.78, 5) is 13.8. The highest BCUT2D eigenvalue weighted by Crippen LogP contribution is 2.42. The molecule has 0 aliphatic rings. The van der Waals surface area contributed by atoms with Gasteiger partial charge in [0.05, 0.1) is 19.7 Å². The van der Waals surface area contributed by atoms with Gasteiger partial charge in [-0.1, -0.05) is 0 Å². The second kappa shape index (κ2) is 5.66. The molecule has 0 aliphatic carbocycles. The molecule has 0 amide bonds. The van der Waals surface area contributed by atoms with Crippen LogP contribution in [0, 0.1) is 0 Å². The van der Waals surface area contributed by atoms with Crippen LogP contribution in [0.4, 0.5) is 26.3 Å². The van der Waals surface area contributed by atoms with Gasteiger partial charge in [-0.15, -0.1) is 13.2 Å². The first-order chi connectivity index (χ1) is 9.45. The molecule has 5 nitrogen and oxygen atoms in total. The van der Waals surface area contributed by atoms with Gasteiger partial charge in [-0.05, 0) is 0 Å². The predicted octanol–water partition coefficient (Wildman–Crippen LogP) is 2.42. The van der Waals surface area contributed by atoms with Crippen LogP contribution in [-0.2, 0) is 22.1 Å². The molecule has 0 fully saturated rings. The number of hydrogen-bond donors (Lipinski definition) is 1. The molecule has 11 heteroatoms. The maximum Gasteiger partial charge on any atom is 0.574 e. The van der Waals surface area contributed by atoms with Crippen LogP contribution in [0.1, 0.15) is 11.1 Å². The number of ether oxygens (including phenoxy) is 2. The first-order valence-electron chi connectivity index (χ1n) is 5.06. The summed E-state index contributed by atoms with van der Waals surface area (Å²) in [6.45, 7) is 0. The molecule has 1 aromatic rings. The number of halogens is 6. The van der Waals surface area contributed by atoms with Crippen molar-refractivity contribution < 1.29 is 45.7 Å². The number of nitrogens with zero attached hydrogens (tertiary/aromatic N) is 1. The Morgan fingerprint density at radius 3 is 2.29 bits per heavy atom. The summed E-state index contributed by atoms with van der Waals surface area (Å²) in [7, 11) is 0.862. The lowest BCUT2D eigenvalue weighted by atomic mass is 10.1. The predicted molar refractivity (Wildman–Crippen MR) is 53.3 cm³/mol. The van der Waals surface area contributed by atoms with Gasteiger partial charge in [-0.2, -0.15) is 13.2 Å². The third kappa shape index (κ3) is 4.39. The van der Waals surface area contributed by atoms with E-state index in [4.69, 9.17) is 0 Å². The van der Waals surface area contributed by atoms with Crippen LogP contribution >= 0.6 is 0 Å². The number of carbonyl (C=O) groups excluding carboxylic acids is 1. The summed E-state index contributed by atoms with van der Waals surface area (Å²) in [5, 5.41) is 9.31. The lowest BCUT2D eigenvalue weighted by molar-refractivity contribution is -0.278. The first-order valence-corrected chi connectivity index (χ1v) is 5.06. The molecule has 0 saturated carbocycles. The van der Waals surface area contributed by atoms with Gasteiger partial charge >= 0.3 is 18.5 Å². The number of carbonyl (C=O) groups is 1. The Bertz CT molecular complexity index is 540. The van der Waals surface area contributed by atoms with Crippen molar-refractivity contribution in [2.24, 2.45) is 0 Å². The zero-order valence-electron chi connectivity index (χ0n) is 10.2. The van der Waals surface area contributed by atoms with Crippen LogP contribution in [0.25, 0.3) is 0 Å².